The number of piperidine rings is 1. The van der Waals surface area contributed by atoms with Gasteiger partial charge in [0.05, 0.1) is 26.5 Å². The summed E-state index contributed by atoms with van der Waals surface area (Å²) in [6.07, 6.45) is 3.81. The van der Waals surface area contributed by atoms with E-state index in [9.17, 15) is 0 Å². The molecule has 2 aromatic rings. The molecule has 6 nitrogen and oxygen atoms in total. The molecule has 1 aliphatic heterocycles. The van der Waals surface area contributed by atoms with E-state index in [0.717, 1.165) is 35.0 Å². The minimum Gasteiger partial charge on any atom is -0.493 e. The molecule has 2 heterocycles. The van der Waals surface area contributed by atoms with Gasteiger partial charge in [-0.3, -0.25) is 4.98 Å². The zero-order valence-corrected chi connectivity index (χ0v) is 20.9. The molecule has 0 atom stereocenters. The van der Waals surface area contributed by atoms with E-state index in [2.05, 4.69) is 48.2 Å². The van der Waals surface area contributed by atoms with Crippen LogP contribution in [0.3, 0.4) is 0 Å². The van der Waals surface area contributed by atoms with Crippen LogP contribution in [0.4, 0.5) is 0 Å². The molecule has 0 saturated carbocycles. The minimum absolute atomic E-state index is 0.0386. The zero-order valence-electron chi connectivity index (χ0n) is 20.1. The molecule has 0 amide bonds. The second kappa shape index (κ2) is 10.0. The van der Waals surface area contributed by atoms with Gasteiger partial charge in [-0.05, 0) is 71.0 Å². The van der Waals surface area contributed by atoms with Gasteiger partial charge in [-0.1, -0.05) is 18.2 Å². The minimum atomic E-state index is 0.0386. The maximum atomic E-state index is 5.94. The first-order valence-corrected chi connectivity index (χ1v) is 11.5. The SMILES string of the molecule is COc1cccc(CN(Cc2ccccn2)C(=S)NC2CC(C)(C)NC(C)(C)C2)c1OC. The summed E-state index contributed by atoms with van der Waals surface area (Å²) in [6, 6.07) is 12.2. The lowest BCUT2D eigenvalue weighted by molar-refractivity contribution is 0.153. The van der Waals surface area contributed by atoms with Crippen molar-refractivity contribution in [2.24, 2.45) is 0 Å². The molecule has 0 unspecified atom stereocenters. The molecule has 1 aromatic carbocycles. The smallest absolute Gasteiger partial charge is 0.169 e. The Kier molecular flexibility index (Phi) is 7.62. The highest BCUT2D eigenvalue weighted by Gasteiger charge is 2.38. The van der Waals surface area contributed by atoms with E-state index in [0.29, 0.717) is 18.8 Å². The first-order chi connectivity index (χ1) is 15.1. The maximum absolute atomic E-state index is 5.94. The summed E-state index contributed by atoms with van der Waals surface area (Å²) in [4.78, 5) is 6.67. The van der Waals surface area contributed by atoms with Crippen molar-refractivity contribution in [3.05, 3.63) is 53.9 Å². The number of methoxy groups -OCH3 is 2. The second-order valence-electron chi connectivity index (χ2n) is 9.78. The van der Waals surface area contributed by atoms with Crippen LogP contribution in [0.15, 0.2) is 42.6 Å². The Morgan fingerprint density at radius 3 is 2.38 bits per heavy atom. The molecule has 1 saturated heterocycles. The number of benzene rings is 1. The first-order valence-electron chi connectivity index (χ1n) is 11.1. The molecule has 1 aliphatic rings. The fourth-order valence-electron chi connectivity index (χ4n) is 4.86. The van der Waals surface area contributed by atoms with Crippen molar-refractivity contribution >= 4 is 17.3 Å². The Morgan fingerprint density at radius 2 is 1.78 bits per heavy atom. The number of pyridine rings is 1. The second-order valence-corrected chi connectivity index (χ2v) is 10.2. The fourth-order valence-corrected chi connectivity index (χ4v) is 5.16. The van der Waals surface area contributed by atoms with Crippen LogP contribution in [0.5, 0.6) is 11.5 Å². The van der Waals surface area contributed by atoms with Crippen molar-refractivity contribution in [1.29, 1.82) is 0 Å². The van der Waals surface area contributed by atoms with Crippen molar-refractivity contribution in [1.82, 2.24) is 20.5 Å². The number of nitrogens with zero attached hydrogens (tertiary/aromatic N) is 2. The van der Waals surface area contributed by atoms with Crippen LogP contribution in [-0.4, -0.2) is 46.3 Å². The quantitative estimate of drug-likeness (QED) is 0.603. The summed E-state index contributed by atoms with van der Waals surface area (Å²) < 4.78 is 11.2. The van der Waals surface area contributed by atoms with Gasteiger partial charge in [-0.15, -0.1) is 0 Å². The van der Waals surface area contributed by atoms with Gasteiger partial charge in [0.2, 0.25) is 0 Å². The van der Waals surface area contributed by atoms with Crippen molar-refractivity contribution < 1.29 is 9.47 Å². The van der Waals surface area contributed by atoms with E-state index < -0.39 is 0 Å². The van der Waals surface area contributed by atoms with Gasteiger partial charge in [-0.2, -0.15) is 0 Å². The molecule has 1 aromatic heterocycles. The van der Waals surface area contributed by atoms with E-state index in [4.69, 9.17) is 21.7 Å². The Balaban J connectivity index is 1.84. The Labute approximate surface area is 197 Å². The lowest BCUT2D eigenvalue weighted by Gasteiger charge is -2.47. The summed E-state index contributed by atoms with van der Waals surface area (Å²) >= 11 is 5.94. The van der Waals surface area contributed by atoms with Crippen molar-refractivity contribution in [2.45, 2.75) is 70.7 Å². The van der Waals surface area contributed by atoms with Crippen LogP contribution in [0.25, 0.3) is 0 Å². The number of hydrogen-bond donors (Lipinski definition) is 2. The molecule has 7 heteroatoms. The third kappa shape index (κ3) is 6.33. The summed E-state index contributed by atoms with van der Waals surface area (Å²) in [7, 11) is 3.32. The van der Waals surface area contributed by atoms with Gasteiger partial charge < -0.3 is 25.0 Å². The maximum Gasteiger partial charge on any atom is 0.169 e. The van der Waals surface area contributed by atoms with Crippen LogP contribution in [0.1, 0.15) is 51.8 Å². The fraction of sp³-hybridized carbons (Fsp3) is 0.520. The lowest BCUT2D eigenvalue weighted by Crippen LogP contribution is -2.62. The molecule has 0 spiro atoms. The molecular weight excluding hydrogens is 420 g/mol. The number of rotatable bonds is 7. The summed E-state index contributed by atoms with van der Waals surface area (Å²) in [5.74, 6) is 1.44. The molecule has 2 N–H and O–H groups in total. The van der Waals surface area contributed by atoms with Crippen molar-refractivity contribution in [2.75, 3.05) is 14.2 Å². The van der Waals surface area contributed by atoms with E-state index in [1.54, 1.807) is 14.2 Å². The molecular formula is C25H36N4O2S. The molecule has 1 fully saturated rings. The molecule has 174 valence electrons. The zero-order chi connectivity index (χ0) is 23.4. The first kappa shape index (κ1) is 24.3. The molecule has 3 rings (SSSR count). The third-order valence-electron chi connectivity index (χ3n) is 5.73. The predicted octanol–water partition coefficient (Wildman–Crippen LogP) is 4.28. The Morgan fingerprint density at radius 1 is 1.06 bits per heavy atom. The van der Waals surface area contributed by atoms with E-state index in [1.807, 2.05) is 42.6 Å². The van der Waals surface area contributed by atoms with Gasteiger partial charge in [0.1, 0.15) is 0 Å². The van der Waals surface area contributed by atoms with Crippen molar-refractivity contribution in [3.63, 3.8) is 0 Å². The van der Waals surface area contributed by atoms with Crippen LogP contribution in [-0.2, 0) is 13.1 Å². The molecule has 0 aliphatic carbocycles. The Bertz CT molecular complexity index is 901. The van der Waals surface area contributed by atoms with Gasteiger partial charge in [0.15, 0.2) is 16.6 Å². The number of nitrogens with one attached hydrogen (secondary N) is 2. The number of hydrogen-bond acceptors (Lipinski definition) is 5. The van der Waals surface area contributed by atoms with Crippen LogP contribution in [0, 0.1) is 0 Å². The van der Waals surface area contributed by atoms with Gasteiger partial charge >= 0.3 is 0 Å². The van der Waals surface area contributed by atoms with Crippen LogP contribution in [0.2, 0.25) is 0 Å². The normalized spacial score (nSPS) is 17.4. The summed E-state index contributed by atoms with van der Waals surface area (Å²) in [5, 5.41) is 8.11. The average Bonchev–Trinajstić information content (AvgIpc) is 2.71. The highest BCUT2D eigenvalue weighted by atomic mass is 32.1. The largest absolute Gasteiger partial charge is 0.493 e. The van der Waals surface area contributed by atoms with Gasteiger partial charge in [0, 0.05) is 35.4 Å². The lowest BCUT2D eigenvalue weighted by atomic mass is 9.80. The van der Waals surface area contributed by atoms with E-state index in [-0.39, 0.29) is 17.1 Å². The standard InChI is InChI=1S/C25H36N4O2S/c1-24(2)14-20(15-25(3,4)28-24)27-23(32)29(17-19-11-7-8-13-26-19)16-18-10-9-12-21(30-5)22(18)31-6/h7-13,20,28H,14-17H2,1-6H3,(H,27,32). The van der Waals surface area contributed by atoms with Crippen molar-refractivity contribution in [3.8, 4) is 11.5 Å². The summed E-state index contributed by atoms with van der Waals surface area (Å²) in [6.45, 7) is 10.2. The molecule has 0 radical (unpaired) electrons. The average molecular weight is 457 g/mol. The van der Waals surface area contributed by atoms with Gasteiger partial charge in [-0.25, -0.2) is 0 Å². The number of para-hydroxylation sites is 1. The molecule has 0 bridgehead atoms. The number of aromatic nitrogens is 1. The highest BCUT2D eigenvalue weighted by Crippen LogP contribution is 2.32. The number of ether oxygens (including phenoxy) is 2. The topological polar surface area (TPSA) is 58.7 Å². The third-order valence-corrected chi connectivity index (χ3v) is 6.11. The highest BCUT2D eigenvalue weighted by molar-refractivity contribution is 7.80. The predicted molar refractivity (Wildman–Crippen MR) is 133 cm³/mol. The van der Waals surface area contributed by atoms with Crippen LogP contribution >= 0.6 is 12.2 Å². The van der Waals surface area contributed by atoms with Gasteiger partial charge in [0.25, 0.3) is 0 Å². The number of thiocarbonyl (C=S) groups is 1. The molecule has 32 heavy (non-hydrogen) atoms. The monoisotopic (exact) mass is 456 g/mol. The van der Waals surface area contributed by atoms with Crippen LogP contribution < -0.4 is 20.1 Å². The van der Waals surface area contributed by atoms with E-state index >= 15 is 0 Å². The summed E-state index contributed by atoms with van der Waals surface area (Å²) in [5.41, 5.74) is 2.05. The van der Waals surface area contributed by atoms with E-state index in [1.165, 1.54) is 0 Å². The Hall–Kier alpha value is -2.38.